The summed E-state index contributed by atoms with van der Waals surface area (Å²) in [7, 11) is 0. The van der Waals surface area contributed by atoms with Crippen LogP contribution in [0.4, 0.5) is 0 Å². The molecule has 1 heterocycles. The van der Waals surface area contributed by atoms with E-state index in [0.29, 0.717) is 0 Å². The van der Waals surface area contributed by atoms with Gasteiger partial charge in [0, 0.05) is 22.0 Å². The summed E-state index contributed by atoms with van der Waals surface area (Å²) in [6.07, 6.45) is 0. The molecule has 1 heteroatoms. The SMILES string of the molecule is CC1(C)c2cc(-c3ccc4c(c3)C(C)(c3ccccc3)c3ccccc3O4)ccc2-c2c1ccc1ccccc21. The smallest absolute Gasteiger partial charge is 0.131 e. The van der Waals surface area contributed by atoms with E-state index < -0.39 is 0 Å². The molecule has 0 N–H and O–H groups in total. The molecule has 6 aromatic rings. The highest BCUT2D eigenvalue weighted by atomic mass is 16.5. The van der Waals surface area contributed by atoms with Gasteiger partial charge in [-0.3, -0.25) is 0 Å². The van der Waals surface area contributed by atoms with Crippen molar-refractivity contribution >= 4 is 10.8 Å². The second-order valence-electron chi connectivity index (χ2n) is 11.9. The molecule has 0 amide bonds. The van der Waals surface area contributed by atoms with Crippen LogP contribution >= 0.6 is 0 Å². The Balaban J connectivity index is 1.31. The van der Waals surface area contributed by atoms with Crippen molar-refractivity contribution in [1.82, 2.24) is 0 Å². The highest BCUT2D eigenvalue weighted by Crippen LogP contribution is 2.54. The molecule has 0 saturated carbocycles. The van der Waals surface area contributed by atoms with Gasteiger partial charge < -0.3 is 4.74 Å². The van der Waals surface area contributed by atoms with Gasteiger partial charge in [-0.15, -0.1) is 0 Å². The number of para-hydroxylation sites is 1. The quantitative estimate of drug-likeness (QED) is 0.223. The summed E-state index contributed by atoms with van der Waals surface area (Å²) < 4.78 is 6.48. The average Bonchev–Trinajstić information content (AvgIpc) is 3.23. The van der Waals surface area contributed by atoms with Crippen LogP contribution in [0.15, 0.2) is 127 Å². The van der Waals surface area contributed by atoms with E-state index in [1.807, 2.05) is 0 Å². The van der Waals surface area contributed by atoms with Crippen molar-refractivity contribution in [3.8, 4) is 33.8 Å². The largest absolute Gasteiger partial charge is 0.457 e. The van der Waals surface area contributed by atoms with Crippen LogP contribution in [-0.2, 0) is 10.8 Å². The summed E-state index contributed by atoms with van der Waals surface area (Å²) in [6.45, 7) is 7.06. The maximum atomic E-state index is 6.48. The highest BCUT2D eigenvalue weighted by Gasteiger charge is 2.40. The number of benzene rings is 6. The zero-order valence-corrected chi connectivity index (χ0v) is 23.0. The summed E-state index contributed by atoms with van der Waals surface area (Å²) >= 11 is 0. The molecule has 0 aromatic heterocycles. The first-order chi connectivity index (χ1) is 19.5. The first kappa shape index (κ1) is 23.3. The molecular weight excluding hydrogens is 484 g/mol. The minimum atomic E-state index is -0.327. The van der Waals surface area contributed by atoms with E-state index in [-0.39, 0.29) is 10.8 Å². The molecule has 0 bridgehead atoms. The monoisotopic (exact) mass is 514 g/mol. The van der Waals surface area contributed by atoms with E-state index in [1.165, 1.54) is 60.8 Å². The molecule has 0 radical (unpaired) electrons. The molecule has 0 saturated heterocycles. The third-order valence-corrected chi connectivity index (χ3v) is 9.41. The molecule has 8 rings (SSSR count). The fraction of sp³-hybridized carbons (Fsp3) is 0.128. The molecule has 40 heavy (non-hydrogen) atoms. The second-order valence-corrected chi connectivity index (χ2v) is 11.9. The predicted octanol–water partition coefficient (Wildman–Crippen LogP) is 10.3. The fourth-order valence-electron chi connectivity index (χ4n) is 7.19. The minimum Gasteiger partial charge on any atom is -0.457 e. The predicted molar refractivity (Wildman–Crippen MR) is 165 cm³/mol. The van der Waals surface area contributed by atoms with Crippen LogP contribution < -0.4 is 4.74 Å². The van der Waals surface area contributed by atoms with Crippen molar-refractivity contribution in [3.63, 3.8) is 0 Å². The van der Waals surface area contributed by atoms with Gasteiger partial charge in [-0.1, -0.05) is 117 Å². The number of hydrogen-bond donors (Lipinski definition) is 0. The third-order valence-electron chi connectivity index (χ3n) is 9.41. The minimum absolute atomic E-state index is 0.0699. The Labute approximate surface area is 235 Å². The van der Waals surface area contributed by atoms with Crippen LogP contribution in [-0.4, -0.2) is 0 Å². The summed E-state index contributed by atoms with van der Waals surface area (Å²) in [5.41, 5.74) is 11.2. The van der Waals surface area contributed by atoms with Crippen LogP contribution in [0, 0.1) is 0 Å². The molecule has 0 spiro atoms. The lowest BCUT2D eigenvalue weighted by Gasteiger charge is -2.38. The van der Waals surface area contributed by atoms with Gasteiger partial charge in [-0.2, -0.15) is 0 Å². The van der Waals surface area contributed by atoms with E-state index >= 15 is 0 Å². The van der Waals surface area contributed by atoms with Gasteiger partial charge in [0.1, 0.15) is 11.5 Å². The third kappa shape index (κ3) is 3.09. The van der Waals surface area contributed by atoms with Crippen molar-refractivity contribution in [1.29, 1.82) is 0 Å². The normalized spacial score (nSPS) is 17.9. The molecule has 1 nitrogen and oxygen atoms in total. The molecular formula is C39H30O. The van der Waals surface area contributed by atoms with Crippen LogP contribution in [0.25, 0.3) is 33.0 Å². The number of hydrogen-bond acceptors (Lipinski definition) is 1. The van der Waals surface area contributed by atoms with E-state index in [1.54, 1.807) is 0 Å². The van der Waals surface area contributed by atoms with Crippen molar-refractivity contribution in [3.05, 3.63) is 155 Å². The summed E-state index contributed by atoms with van der Waals surface area (Å²) in [4.78, 5) is 0. The molecule has 1 unspecified atom stereocenters. The van der Waals surface area contributed by atoms with Crippen molar-refractivity contribution < 1.29 is 4.74 Å². The zero-order chi connectivity index (χ0) is 27.1. The topological polar surface area (TPSA) is 9.23 Å². The zero-order valence-electron chi connectivity index (χ0n) is 23.0. The Kier molecular flexibility index (Phi) is 4.77. The van der Waals surface area contributed by atoms with Gasteiger partial charge in [0.25, 0.3) is 0 Å². The van der Waals surface area contributed by atoms with Crippen molar-refractivity contribution in [2.75, 3.05) is 0 Å². The Bertz CT molecular complexity index is 1960. The standard InChI is InChI=1S/C39H30O/c1-38(2)32-21-18-25-11-7-8-14-29(25)37(32)30-20-17-26(23-33(30)38)27-19-22-36-34(24-27)39(3,28-12-5-4-6-13-28)31-15-9-10-16-35(31)40-36/h4-24H,1-3H3. The van der Waals surface area contributed by atoms with E-state index in [0.717, 1.165) is 11.5 Å². The lowest BCUT2D eigenvalue weighted by molar-refractivity contribution is 0.427. The van der Waals surface area contributed by atoms with Crippen LogP contribution in [0.1, 0.15) is 48.6 Å². The maximum absolute atomic E-state index is 6.48. The Morgan fingerprint density at radius 3 is 2.02 bits per heavy atom. The van der Waals surface area contributed by atoms with Gasteiger partial charge in [-0.25, -0.2) is 0 Å². The fourth-order valence-corrected chi connectivity index (χ4v) is 7.19. The van der Waals surface area contributed by atoms with Gasteiger partial charge in [0.2, 0.25) is 0 Å². The summed E-state index contributed by atoms with van der Waals surface area (Å²) in [5, 5.41) is 2.63. The van der Waals surface area contributed by atoms with E-state index in [4.69, 9.17) is 4.74 Å². The van der Waals surface area contributed by atoms with E-state index in [9.17, 15) is 0 Å². The molecule has 2 aliphatic rings. The summed E-state index contributed by atoms with van der Waals surface area (Å²) in [6, 6.07) is 46.4. The van der Waals surface area contributed by atoms with Gasteiger partial charge in [0.15, 0.2) is 0 Å². The Morgan fingerprint density at radius 1 is 0.500 bits per heavy atom. The van der Waals surface area contributed by atoms with Crippen molar-refractivity contribution in [2.24, 2.45) is 0 Å². The summed E-state index contributed by atoms with van der Waals surface area (Å²) in [5.74, 6) is 1.85. The lowest BCUT2D eigenvalue weighted by Crippen LogP contribution is -2.29. The molecule has 0 fully saturated rings. The highest BCUT2D eigenvalue weighted by molar-refractivity contribution is 6.02. The maximum Gasteiger partial charge on any atom is 0.131 e. The van der Waals surface area contributed by atoms with Crippen LogP contribution in [0.2, 0.25) is 0 Å². The lowest BCUT2D eigenvalue weighted by atomic mass is 9.69. The number of fused-ring (bicyclic) bond motifs is 7. The first-order valence-electron chi connectivity index (χ1n) is 14.1. The molecule has 1 aliphatic heterocycles. The molecule has 1 atom stereocenters. The van der Waals surface area contributed by atoms with E-state index in [2.05, 4.69) is 148 Å². The molecule has 192 valence electrons. The van der Waals surface area contributed by atoms with Crippen molar-refractivity contribution in [2.45, 2.75) is 31.6 Å². The van der Waals surface area contributed by atoms with Gasteiger partial charge in [0.05, 0.1) is 0 Å². The first-order valence-corrected chi connectivity index (χ1v) is 14.1. The Morgan fingerprint density at radius 2 is 1.18 bits per heavy atom. The number of ether oxygens (including phenoxy) is 1. The second kappa shape index (κ2) is 8.19. The molecule has 1 aliphatic carbocycles. The van der Waals surface area contributed by atoms with Gasteiger partial charge in [-0.05, 0) is 80.9 Å². The van der Waals surface area contributed by atoms with Crippen LogP contribution in [0.3, 0.4) is 0 Å². The molecule has 6 aromatic carbocycles. The number of rotatable bonds is 2. The Hall–Kier alpha value is -4.62. The van der Waals surface area contributed by atoms with Crippen LogP contribution in [0.5, 0.6) is 11.5 Å². The van der Waals surface area contributed by atoms with Gasteiger partial charge >= 0.3 is 0 Å². The average molecular weight is 515 g/mol.